The molecular formula is C11H23NO. The fourth-order valence-corrected chi connectivity index (χ4v) is 2.22. The highest BCUT2D eigenvalue weighted by Gasteiger charge is 2.20. The Kier molecular flexibility index (Phi) is 5.40. The van der Waals surface area contributed by atoms with E-state index in [1.165, 1.54) is 45.2 Å². The second-order valence-corrected chi connectivity index (χ2v) is 3.97. The number of hydrogen-bond acceptors (Lipinski definition) is 2. The quantitative estimate of drug-likeness (QED) is 0.651. The average molecular weight is 185 g/mol. The number of hydrogen-bond donors (Lipinski definition) is 0. The molecule has 1 atom stereocenters. The van der Waals surface area contributed by atoms with Gasteiger partial charge < -0.3 is 9.64 Å². The number of ether oxygens (including phenoxy) is 1. The monoisotopic (exact) mass is 185 g/mol. The first-order valence-electron chi connectivity index (χ1n) is 5.61. The first kappa shape index (κ1) is 11.0. The lowest BCUT2D eigenvalue weighted by Gasteiger charge is -2.35. The van der Waals surface area contributed by atoms with Gasteiger partial charge in [-0.15, -0.1) is 0 Å². The highest BCUT2D eigenvalue weighted by Crippen LogP contribution is 2.19. The van der Waals surface area contributed by atoms with E-state index in [9.17, 15) is 0 Å². The third-order valence-electron chi connectivity index (χ3n) is 2.92. The Bertz CT molecular complexity index is 125. The number of piperidine rings is 1. The lowest BCUT2D eigenvalue weighted by molar-refractivity contribution is 0.103. The van der Waals surface area contributed by atoms with Crippen LogP contribution >= 0.6 is 0 Å². The van der Waals surface area contributed by atoms with Crippen LogP contribution in [0.1, 0.15) is 39.0 Å². The van der Waals surface area contributed by atoms with Crippen molar-refractivity contribution in [3.05, 3.63) is 0 Å². The van der Waals surface area contributed by atoms with Crippen molar-refractivity contribution in [3.63, 3.8) is 0 Å². The van der Waals surface area contributed by atoms with Crippen molar-refractivity contribution in [3.8, 4) is 0 Å². The Morgan fingerprint density at radius 2 is 2.23 bits per heavy atom. The molecule has 0 aromatic carbocycles. The lowest BCUT2D eigenvalue weighted by atomic mass is 9.99. The molecule has 2 heteroatoms. The molecule has 0 aliphatic carbocycles. The molecule has 0 N–H and O–H groups in total. The Labute approximate surface area is 82.3 Å². The van der Waals surface area contributed by atoms with Crippen LogP contribution in [0.4, 0.5) is 0 Å². The molecule has 1 heterocycles. The van der Waals surface area contributed by atoms with Gasteiger partial charge in [0.1, 0.15) is 0 Å². The predicted octanol–water partition coefficient (Wildman–Crippen LogP) is 2.29. The van der Waals surface area contributed by atoms with Crippen molar-refractivity contribution in [2.24, 2.45) is 0 Å². The molecule has 1 aliphatic heterocycles. The number of nitrogens with zero attached hydrogens (tertiary/aromatic N) is 1. The van der Waals surface area contributed by atoms with E-state index in [2.05, 4.69) is 11.8 Å². The standard InChI is InChI=1S/C11H23NO/c1-3-8-12-9-5-4-6-11(12)7-10-13-2/h11H,3-10H2,1-2H3. The first-order valence-corrected chi connectivity index (χ1v) is 5.61. The van der Waals surface area contributed by atoms with Crippen molar-refractivity contribution < 1.29 is 4.74 Å². The summed E-state index contributed by atoms with van der Waals surface area (Å²) in [5.74, 6) is 0. The van der Waals surface area contributed by atoms with E-state index in [1.807, 2.05) is 0 Å². The minimum Gasteiger partial charge on any atom is -0.385 e. The maximum atomic E-state index is 5.14. The van der Waals surface area contributed by atoms with Gasteiger partial charge in [0.15, 0.2) is 0 Å². The molecule has 0 aromatic rings. The number of methoxy groups -OCH3 is 1. The number of likely N-dealkylation sites (tertiary alicyclic amines) is 1. The molecule has 0 aromatic heterocycles. The lowest BCUT2D eigenvalue weighted by Crippen LogP contribution is -2.40. The zero-order chi connectivity index (χ0) is 9.52. The molecule has 1 unspecified atom stereocenters. The van der Waals surface area contributed by atoms with Gasteiger partial charge in [-0.25, -0.2) is 0 Å². The molecule has 0 spiro atoms. The van der Waals surface area contributed by atoms with Crippen molar-refractivity contribution in [2.45, 2.75) is 45.1 Å². The fourth-order valence-electron chi connectivity index (χ4n) is 2.22. The molecule has 1 fully saturated rings. The van der Waals surface area contributed by atoms with Crippen LogP contribution < -0.4 is 0 Å². The van der Waals surface area contributed by atoms with Crippen molar-refractivity contribution in [1.82, 2.24) is 4.90 Å². The van der Waals surface area contributed by atoms with Gasteiger partial charge in [-0.3, -0.25) is 0 Å². The maximum Gasteiger partial charge on any atom is 0.0477 e. The topological polar surface area (TPSA) is 12.5 Å². The van der Waals surface area contributed by atoms with Gasteiger partial charge in [0.05, 0.1) is 0 Å². The summed E-state index contributed by atoms with van der Waals surface area (Å²) in [6.45, 7) is 5.77. The molecule has 1 aliphatic rings. The third-order valence-corrected chi connectivity index (χ3v) is 2.92. The van der Waals surface area contributed by atoms with Gasteiger partial charge in [0, 0.05) is 19.8 Å². The van der Waals surface area contributed by atoms with E-state index in [0.29, 0.717) is 0 Å². The van der Waals surface area contributed by atoms with E-state index >= 15 is 0 Å². The van der Waals surface area contributed by atoms with E-state index < -0.39 is 0 Å². The smallest absolute Gasteiger partial charge is 0.0477 e. The first-order chi connectivity index (χ1) is 6.38. The highest BCUT2D eigenvalue weighted by molar-refractivity contribution is 4.76. The zero-order valence-corrected chi connectivity index (χ0v) is 9.09. The summed E-state index contributed by atoms with van der Waals surface area (Å²) in [5.41, 5.74) is 0. The Hall–Kier alpha value is -0.0800. The van der Waals surface area contributed by atoms with Crippen LogP contribution in [0.25, 0.3) is 0 Å². The van der Waals surface area contributed by atoms with Gasteiger partial charge in [-0.1, -0.05) is 13.3 Å². The molecule has 78 valence electrons. The van der Waals surface area contributed by atoms with Crippen LogP contribution in [0, 0.1) is 0 Å². The molecule has 2 nitrogen and oxygen atoms in total. The van der Waals surface area contributed by atoms with Crippen LogP contribution in [0.5, 0.6) is 0 Å². The van der Waals surface area contributed by atoms with Crippen LogP contribution in [0.2, 0.25) is 0 Å². The summed E-state index contributed by atoms with van der Waals surface area (Å²) in [6, 6.07) is 0.800. The second kappa shape index (κ2) is 6.39. The predicted molar refractivity (Wildman–Crippen MR) is 56.0 cm³/mol. The van der Waals surface area contributed by atoms with Crippen LogP contribution in [0.3, 0.4) is 0 Å². The SMILES string of the molecule is CCCN1CCCCC1CCOC. The molecule has 1 rings (SSSR count). The van der Waals surface area contributed by atoms with E-state index in [1.54, 1.807) is 7.11 Å². The van der Waals surface area contributed by atoms with E-state index in [0.717, 1.165) is 12.6 Å². The van der Waals surface area contributed by atoms with Crippen LogP contribution in [-0.2, 0) is 4.74 Å². The molecule has 0 amide bonds. The van der Waals surface area contributed by atoms with Gasteiger partial charge in [0.25, 0.3) is 0 Å². The summed E-state index contributed by atoms with van der Waals surface area (Å²) in [4.78, 5) is 2.64. The summed E-state index contributed by atoms with van der Waals surface area (Å²) in [7, 11) is 1.80. The largest absolute Gasteiger partial charge is 0.385 e. The Morgan fingerprint density at radius 3 is 2.92 bits per heavy atom. The fraction of sp³-hybridized carbons (Fsp3) is 1.00. The Morgan fingerprint density at radius 1 is 1.38 bits per heavy atom. The minimum absolute atomic E-state index is 0.800. The normalized spacial score (nSPS) is 24.9. The van der Waals surface area contributed by atoms with Gasteiger partial charge in [-0.2, -0.15) is 0 Å². The molecular weight excluding hydrogens is 162 g/mol. The van der Waals surface area contributed by atoms with Gasteiger partial charge in [0.2, 0.25) is 0 Å². The summed E-state index contributed by atoms with van der Waals surface area (Å²) < 4.78 is 5.14. The zero-order valence-electron chi connectivity index (χ0n) is 9.09. The molecule has 0 radical (unpaired) electrons. The summed E-state index contributed by atoms with van der Waals surface area (Å²) >= 11 is 0. The minimum atomic E-state index is 0.800. The van der Waals surface area contributed by atoms with Crippen molar-refractivity contribution >= 4 is 0 Å². The second-order valence-electron chi connectivity index (χ2n) is 3.97. The highest BCUT2D eigenvalue weighted by atomic mass is 16.5. The van der Waals surface area contributed by atoms with Crippen molar-refractivity contribution in [2.75, 3.05) is 26.8 Å². The van der Waals surface area contributed by atoms with Crippen LogP contribution in [0.15, 0.2) is 0 Å². The van der Waals surface area contributed by atoms with E-state index in [4.69, 9.17) is 4.74 Å². The summed E-state index contributed by atoms with van der Waals surface area (Å²) in [6.07, 6.45) is 6.68. The molecule has 0 saturated carbocycles. The average Bonchev–Trinajstić information content (AvgIpc) is 2.17. The molecule has 0 bridgehead atoms. The Balaban J connectivity index is 2.28. The molecule has 13 heavy (non-hydrogen) atoms. The van der Waals surface area contributed by atoms with Gasteiger partial charge >= 0.3 is 0 Å². The van der Waals surface area contributed by atoms with Crippen molar-refractivity contribution in [1.29, 1.82) is 0 Å². The summed E-state index contributed by atoms with van der Waals surface area (Å²) in [5, 5.41) is 0. The third kappa shape index (κ3) is 3.65. The van der Waals surface area contributed by atoms with E-state index in [-0.39, 0.29) is 0 Å². The molecule has 1 saturated heterocycles. The maximum absolute atomic E-state index is 5.14. The van der Waals surface area contributed by atoms with Gasteiger partial charge in [-0.05, 0) is 38.8 Å². The van der Waals surface area contributed by atoms with Crippen LogP contribution in [-0.4, -0.2) is 37.7 Å². The number of rotatable bonds is 5.